The van der Waals surface area contributed by atoms with Gasteiger partial charge in [0.05, 0.1) is 0 Å². The van der Waals surface area contributed by atoms with E-state index in [1.165, 1.54) is 11.1 Å². The third kappa shape index (κ3) is 5.94. The normalized spacial score (nSPS) is 15.6. The summed E-state index contributed by atoms with van der Waals surface area (Å²) < 4.78 is 0. The molecule has 2 heteroatoms. The van der Waals surface area contributed by atoms with Gasteiger partial charge in [-0.1, -0.05) is 61.9 Å². The number of hydrogen-bond acceptors (Lipinski definition) is 1. The molecule has 0 amide bonds. The van der Waals surface area contributed by atoms with Crippen molar-refractivity contribution in [3.63, 3.8) is 0 Å². The van der Waals surface area contributed by atoms with E-state index in [9.17, 15) is 0 Å². The maximum atomic E-state index is 5.97. The Labute approximate surface area is 128 Å². The molecule has 1 aromatic rings. The SMILES string of the molecule is CC=C(Cl)C=CC(C)c1ccc(CNC(C)CC)cc1. The highest BCUT2D eigenvalue weighted by atomic mass is 35.5. The van der Waals surface area contributed by atoms with Gasteiger partial charge in [-0.25, -0.2) is 0 Å². The molecule has 20 heavy (non-hydrogen) atoms. The number of allylic oxidation sites excluding steroid dienone is 4. The van der Waals surface area contributed by atoms with Crippen LogP contribution in [0.4, 0.5) is 0 Å². The number of nitrogens with one attached hydrogen (secondary N) is 1. The minimum absolute atomic E-state index is 0.375. The second-order valence-corrected chi connectivity index (χ2v) is 5.69. The molecule has 110 valence electrons. The summed E-state index contributed by atoms with van der Waals surface area (Å²) >= 11 is 5.97. The van der Waals surface area contributed by atoms with E-state index in [4.69, 9.17) is 11.6 Å². The molecule has 0 aliphatic carbocycles. The van der Waals surface area contributed by atoms with Crippen LogP contribution in [0.25, 0.3) is 0 Å². The van der Waals surface area contributed by atoms with Crippen LogP contribution in [0.5, 0.6) is 0 Å². The van der Waals surface area contributed by atoms with Gasteiger partial charge in [-0.15, -0.1) is 0 Å². The topological polar surface area (TPSA) is 12.0 Å². The summed E-state index contributed by atoms with van der Waals surface area (Å²) in [6, 6.07) is 9.37. The summed E-state index contributed by atoms with van der Waals surface area (Å²) in [4.78, 5) is 0. The summed E-state index contributed by atoms with van der Waals surface area (Å²) in [5.41, 5.74) is 2.64. The third-order valence-electron chi connectivity index (χ3n) is 3.59. The summed E-state index contributed by atoms with van der Waals surface area (Å²) in [6.07, 6.45) is 7.15. The highest BCUT2D eigenvalue weighted by molar-refractivity contribution is 6.31. The van der Waals surface area contributed by atoms with Gasteiger partial charge in [0.15, 0.2) is 0 Å². The maximum Gasteiger partial charge on any atom is 0.0360 e. The van der Waals surface area contributed by atoms with Crippen molar-refractivity contribution in [2.24, 2.45) is 0 Å². The minimum atomic E-state index is 0.375. The summed E-state index contributed by atoms with van der Waals surface area (Å²) in [5.74, 6) is 0.375. The van der Waals surface area contributed by atoms with E-state index < -0.39 is 0 Å². The first-order valence-electron chi connectivity index (χ1n) is 7.39. The number of halogens is 1. The first-order valence-corrected chi connectivity index (χ1v) is 7.76. The van der Waals surface area contributed by atoms with Gasteiger partial charge in [0.1, 0.15) is 0 Å². The third-order valence-corrected chi connectivity index (χ3v) is 3.94. The molecule has 0 aliphatic rings. The Morgan fingerprint density at radius 1 is 1.25 bits per heavy atom. The van der Waals surface area contributed by atoms with Gasteiger partial charge in [-0.2, -0.15) is 0 Å². The van der Waals surface area contributed by atoms with Crippen molar-refractivity contribution in [2.75, 3.05) is 0 Å². The fourth-order valence-corrected chi connectivity index (χ4v) is 1.89. The van der Waals surface area contributed by atoms with Crippen molar-refractivity contribution in [3.05, 3.63) is 58.7 Å². The largest absolute Gasteiger partial charge is 0.310 e. The quantitative estimate of drug-likeness (QED) is 0.665. The smallest absolute Gasteiger partial charge is 0.0360 e. The predicted molar refractivity (Wildman–Crippen MR) is 90.2 cm³/mol. The Hall–Kier alpha value is -1.05. The lowest BCUT2D eigenvalue weighted by Crippen LogP contribution is -2.24. The Balaban J connectivity index is 2.59. The van der Waals surface area contributed by atoms with Gasteiger partial charge in [-0.05, 0) is 43.4 Å². The highest BCUT2D eigenvalue weighted by Crippen LogP contribution is 2.18. The van der Waals surface area contributed by atoms with Crippen LogP contribution >= 0.6 is 11.6 Å². The Morgan fingerprint density at radius 3 is 2.45 bits per heavy atom. The molecule has 0 bridgehead atoms. The molecule has 0 fully saturated rings. The van der Waals surface area contributed by atoms with Crippen molar-refractivity contribution < 1.29 is 0 Å². The maximum absolute atomic E-state index is 5.97. The Morgan fingerprint density at radius 2 is 1.90 bits per heavy atom. The summed E-state index contributed by atoms with van der Waals surface area (Å²) in [6.45, 7) is 9.47. The molecule has 0 saturated carbocycles. The molecule has 0 spiro atoms. The fraction of sp³-hybridized carbons (Fsp3) is 0.444. The van der Waals surface area contributed by atoms with E-state index in [-0.39, 0.29) is 0 Å². The van der Waals surface area contributed by atoms with Gasteiger partial charge >= 0.3 is 0 Å². The van der Waals surface area contributed by atoms with Crippen LogP contribution in [0.3, 0.4) is 0 Å². The van der Waals surface area contributed by atoms with Crippen molar-refractivity contribution in [2.45, 2.75) is 52.6 Å². The van der Waals surface area contributed by atoms with Gasteiger partial charge in [-0.3, -0.25) is 0 Å². The molecule has 0 saturated heterocycles. The van der Waals surface area contributed by atoms with E-state index in [1.807, 2.05) is 19.1 Å². The number of benzene rings is 1. The molecule has 1 aromatic carbocycles. The summed E-state index contributed by atoms with van der Waals surface area (Å²) in [7, 11) is 0. The molecular weight excluding hydrogens is 266 g/mol. The van der Waals surface area contributed by atoms with Gasteiger partial charge < -0.3 is 5.32 Å². The lowest BCUT2D eigenvalue weighted by molar-refractivity contribution is 0.534. The van der Waals surface area contributed by atoms with Crippen LogP contribution < -0.4 is 5.32 Å². The lowest BCUT2D eigenvalue weighted by Gasteiger charge is -2.12. The van der Waals surface area contributed by atoms with Gasteiger partial charge in [0, 0.05) is 17.6 Å². The fourth-order valence-electron chi connectivity index (χ4n) is 1.82. The minimum Gasteiger partial charge on any atom is -0.310 e. The highest BCUT2D eigenvalue weighted by Gasteiger charge is 2.02. The Kier molecular flexibility index (Phi) is 7.64. The molecule has 0 aliphatic heterocycles. The lowest BCUT2D eigenvalue weighted by atomic mass is 9.99. The second-order valence-electron chi connectivity index (χ2n) is 5.25. The molecule has 0 heterocycles. The molecular formula is C18H26ClN. The van der Waals surface area contributed by atoms with Crippen LogP contribution in [0.1, 0.15) is 51.2 Å². The van der Waals surface area contributed by atoms with Gasteiger partial charge in [0.2, 0.25) is 0 Å². The standard InChI is InChI=1S/C18H26ClN/c1-5-15(4)20-13-16-8-10-17(11-9-16)14(3)7-12-18(19)6-2/h6-12,14-15,20H,5,13H2,1-4H3. The molecule has 2 atom stereocenters. The molecule has 2 unspecified atom stereocenters. The molecule has 0 radical (unpaired) electrons. The number of rotatable bonds is 7. The average molecular weight is 292 g/mol. The van der Waals surface area contributed by atoms with Crippen LogP contribution in [0.15, 0.2) is 47.5 Å². The Bertz CT molecular complexity index is 445. The molecule has 1 N–H and O–H groups in total. The first kappa shape index (κ1) is 17.0. The van der Waals surface area contributed by atoms with E-state index >= 15 is 0 Å². The molecule has 1 rings (SSSR count). The van der Waals surface area contributed by atoms with Crippen molar-refractivity contribution >= 4 is 11.6 Å². The zero-order valence-electron chi connectivity index (χ0n) is 13.0. The number of hydrogen-bond donors (Lipinski definition) is 1. The monoisotopic (exact) mass is 291 g/mol. The van der Waals surface area contributed by atoms with E-state index in [2.05, 4.69) is 56.4 Å². The van der Waals surface area contributed by atoms with Crippen molar-refractivity contribution in [3.8, 4) is 0 Å². The summed E-state index contributed by atoms with van der Waals surface area (Å²) in [5, 5.41) is 4.29. The van der Waals surface area contributed by atoms with E-state index in [0.717, 1.165) is 18.0 Å². The van der Waals surface area contributed by atoms with Crippen LogP contribution in [0.2, 0.25) is 0 Å². The van der Waals surface area contributed by atoms with E-state index in [1.54, 1.807) is 0 Å². The molecule has 1 nitrogen and oxygen atoms in total. The zero-order valence-corrected chi connectivity index (χ0v) is 13.7. The van der Waals surface area contributed by atoms with Crippen molar-refractivity contribution in [1.29, 1.82) is 0 Å². The second kappa shape index (κ2) is 8.99. The van der Waals surface area contributed by atoms with Crippen LogP contribution in [-0.2, 0) is 6.54 Å². The predicted octanol–water partition coefficient (Wildman–Crippen LogP) is 5.38. The zero-order chi connectivity index (χ0) is 15.0. The van der Waals surface area contributed by atoms with E-state index in [0.29, 0.717) is 12.0 Å². The van der Waals surface area contributed by atoms with Gasteiger partial charge in [0.25, 0.3) is 0 Å². The van der Waals surface area contributed by atoms with Crippen LogP contribution in [0, 0.1) is 0 Å². The van der Waals surface area contributed by atoms with Crippen LogP contribution in [-0.4, -0.2) is 6.04 Å². The van der Waals surface area contributed by atoms with Crippen molar-refractivity contribution in [1.82, 2.24) is 5.32 Å². The molecule has 0 aromatic heterocycles. The average Bonchev–Trinajstić information content (AvgIpc) is 2.50. The first-order chi connectivity index (χ1) is 9.56.